The van der Waals surface area contributed by atoms with E-state index in [1.54, 1.807) is 13.2 Å². The first-order valence-corrected chi connectivity index (χ1v) is 4.83. The molecule has 0 bridgehead atoms. The summed E-state index contributed by atoms with van der Waals surface area (Å²) in [6.07, 6.45) is 2.48. The van der Waals surface area contributed by atoms with E-state index >= 15 is 0 Å². The molecular formula is C10H13N3O2. The quantitative estimate of drug-likeness (QED) is 0.662. The lowest BCUT2D eigenvalue weighted by molar-refractivity contribution is 0.0919. The van der Waals surface area contributed by atoms with Crippen molar-refractivity contribution >= 4 is 11.8 Å². The third-order valence-electron chi connectivity index (χ3n) is 2.65. The summed E-state index contributed by atoms with van der Waals surface area (Å²) in [6.45, 7) is 0.636. The molecule has 0 aliphatic carbocycles. The maximum Gasteiger partial charge on any atom is 0.253 e. The molecule has 0 radical (unpaired) electrons. The van der Waals surface area contributed by atoms with Gasteiger partial charge in [-0.05, 0) is 0 Å². The SMILES string of the molecule is CNC(=O)c1cn(C)c2c1C(=O)NCC2. The molecule has 2 rings (SSSR count). The summed E-state index contributed by atoms with van der Waals surface area (Å²) in [5.74, 6) is -0.376. The van der Waals surface area contributed by atoms with Gasteiger partial charge in [-0.1, -0.05) is 0 Å². The minimum Gasteiger partial charge on any atom is -0.355 e. The Labute approximate surface area is 87.5 Å². The minimum absolute atomic E-state index is 0.157. The van der Waals surface area contributed by atoms with Crippen LogP contribution in [0.15, 0.2) is 6.20 Å². The Morgan fingerprint density at radius 3 is 3.00 bits per heavy atom. The van der Waals surface area contributed by atoms with E-state index in [0.717, 1.165) is 12.1 Å². The summed E-state index contributed by atoms with van der Waals surface area (Å²) in [7, 11) is 3.41. The molecule has 0 saturated heterocycles. The molecule has 0 aromatic carbocycles. The predicted molar refractivity (Wildman–Crippen MR) is 54.8 cm³/mol. The Hall–Kier alpha value is -1.78. The zero-order valence-electron chi connectivity index (χ0n) is 8.76. The van der Waals surface area contributed by atoms with Crippen LogP contribution in [0.1, 0.15) is 26.4 Å². The Morgan fingerprint density at radius 2 is 2.33 bits per heavy atom. The zero-order valence-corrected chi connectivity index (χ0v) is 8.76. The minimum atomic E-state index is -0.219. The number of carbonyl (C=O) groups is 2. The van der Waals surface area contributed by atoms with Crippen molar-refractivity contribution in [3.8, 4) is 0 Å². The first-order chi connectivity index (χ1) is 7.15. The van der Waals surface area contributed by atoms with E-state index in [4.69, 9.17) is 0 Å². The van der Waals surface area contributed by atoms with E-state index in [1.807, 2.05) is 11.6 Å². The number of hydrogen-bond acceptors (Lipinski definition) is 2. The van der Waals surface area contributed by atoms with E-state index < -0.39 is 0 Å². The third kappa shape index (κ3) is 1.40. The van der Waals surface area contributed by atoms with Gasteiger partial charge in [0.25, 0.3) is 11.8 Å². The molecule has 2 amide bonds. The summed E-state index contributed by atoms with van der Waals surface area (Å²) in [5, 5.41) is 5.27. The van der Waals surface area contributed by atoms with Crippen molar-refractivity contribution in [2.24, 2.45) is 7.05 Å². The molecule has 1 aromatic heterocycles. The Balaban J connectivity index is 2.58. The van der Waals surface area contributed by atoms with Gasteiger partial charge in [0.15, 0.2) is 0 Å². The first kappa shape index (κ1) is 9.76. The van der Waals surface area contributed by atoms with E-state index in [-0.39, 0.29) is 11.8 Å². The topological polar surface area (TPSA) is 63.1 Å². The number of hydrogen-bond donors (Lipinski definition) is 2. The van der Waals surface area contributed by atoms with Crippen LogP contribution >= 0.6 is 0 Å². The van der Waals surface area contributed by atoms with Gasteiger partial charge >= 0.3 is 0 Å². The van der Waals surface area contributed by atoms with Crippen LogP contribution in [-0.2, 0) is 13.5 Å². The molecule has 1 aliphatic heterocycles. The van der Waals surface area contributed by atoms with Gasteiger partial charge in [-0.15, -0.1) is 0 Å². The molecule has 2 N–H and O–H groups in total. The maximum absolute atomic E-state index is 11.6. The van der Waals surface area contributed by atoms with Crippen molar-refractivity contribution in [2.45, 2.75) is 6.42 Å². The highest BCUT2D eigenvalue weighted by Gasteiger charge is 2.26. The Morgan fingerprint density at radius 1 is 1.60 bits per heavy atom. The predicted octanol–water partition coefficient (Wildman–Crippen LogP) is -0.329. The molecule has 15 heavy (non-hydrogen) atoms. The van der Waals surface area contributed by atoms with Gasteiger partial charge in [0.1, 0.15) is 0 Å². The fourth-order valence-corrected chi connectivity index (χ4v) is 1.91. The van der Waals surface area contributed by atoms with Crippen molar-refractivity contribution in [3.63, 3.8) is 0 Å². The largest absolute Gasteiger partial charge is 0.355 e. The van der Waals surface area contributed by atoms with Crippen molar-refractivity contribution in [1.29, 1.82) is 0 Å². The number of nitrogens with one attached hydrogen (secondary N) is 2. The van der Waals surface area contributed by atoms with Gasteiger partial charge in [-0.2, -0.15) is 0 Å². The van der Waals surface area contributed by atoms with Crippen LogP contribution in [0.25, 0.3) is 0 Å². The fourth-order valence-electron chi connectivity index (χ4n) is 1.91. The molecule has 2 heterocycles. The van der Waals surface area contributed by atoms with Crippen molar-refractivity contribution in [2.75, 3.05) is 13.6 Å². The second kappa shape index (κ2) is 3.42. The maximum atomic E-state index is 11.6. The summed E-state index contributed by atoms with van der Waals surface area (Å²) in [4.78, 5) is 23.2. The normalized spacial score (nSPS) is 14.4. The third-order valence-corrected chi connectivity index (χ3v) is 2.65. The molecule has 80 valence electrons. The van der Waals surface area contributed by atoms with Crippen LogP contribution < -0.4 is 10.6 Å². The molecular weight excluding hydrogens is 194 g/mol. The van der Waals surface area contributed by atoms with Crippen LogP contribution in [0, 0.1) is 0 Å². The molecule has 0 fully saturated rings. The number of nitrogens with zero attached hydrogens (tertiary/aromatic N) is 1. The van der Waals surface area contributed by atoms with Gasteiger partial charge in [-0.3, -0.25) is 9.59 Å². The standard InChI is InChI=1S/C10H13N3O2/c1-11-9(14)6-5-13(2)7-3-4-12-10(15)8(6)7/h5H,3-4H2,1-2H3,(H,11,14)(H,12,15). The molecule has 0 saturated carbocycles. The fraction of sp³-hybridized carbons (Fsp3) is 0.400. The monoisotopic (exact) mass is 207 g/mol. The summed E-state index contributed by atoms with van der Waals surface area (Å²) in [6, 6.07) is 0. The second-order valence-corrected chi connectivity index (χ2v) is 3.56. The molecule has 0 spiro atoms. The van der Waals surface area contributed by atoms with Gasteiger partial charge in [0.05, 0.1) is 11.1 Å². The van der Waals surface area contributed by atoms with Gasteiger partial charge < -0.3 is 15.2 Å². The van der Waals surface area contributed by atoms with Crippen LogP contribution in [0.5, 0.6) is 0 Å². The number of amides is 2. The summed E-state index contributed by atoms with van der Waals surface area (Å²) >= 11 is 0. The smallest absolute Gasteiger partial charge is 0.253 e. The van der Waals surface area contributed by atoms with E-state index in [9.17, 15) is 9.59 Å². The number of aromatic nitrogens is 1. The summed E-state index contributed by atoms with van der Waals surface area (Å²) in [5.41, 5.74) is 1.90. The molecule has 5 heteroatoms. The van der Waals surface area contributed by atoms with Crippen molar-refractivity contribution in [1.82, 2.24) is 15.2 Å². The average Bonchev–Trinajstić information content (AvgIpc) is 2.57. The Kier molecular flexibility index (Phi) is 2.22. The van der Waals surface area contributed by atoms with Crippen LogP contribution in [0.4, 0.5) is 0 Å². The highest BCUT2D eigenvalue weighted by molar-refractivity contribution is 6.08. The van der Waals surface area contributed by atoms with Crippen molar-refractivity contribution in [3.05, 3.63) is 23.0 Å². The van der Waals surface area contributed by atoms with Crippen LogP contribution in [0.3, 0.4) is 0 Å². The zero-order chi connectivity index (χ0) is 11.0. The van der Waals surface area contributed by atoms with Crippen LogP contribution in [-0.4, -0.2) is 30.0 Å². The number of aryl methyl sites for hydroxylation is 1. The van der Waals surface area contributed by atoms with E-state index in [2.05, 4.69) is 10.6 Å². The van der Waals surface area contributed by atoms with Crippen LogP contribution in [0.2, 0.25) is 0 Å². The van der Waals surface area contributed by atoms with Gasteiger partial charge in [0.2, 0.25) is 0 Å². The first-order valence-electron chi connectivity index (χ1n) is 4.83. The highest BCUT2D eigenvalue weighted by atomic mass is 16.2. The number of fused-ring (bicyclic) bond motifs is 1. The molecule has 0 atom stereocenters. The Bertz CT molecular complexity index is 434. The molecule has 1 aliphatic rings. The van der Waals surface area contributed by atoms with Gasteiger partial charge in [-0.25, -0.2) is 0 Å². The number of rotatable bonds is 1. The molecule has 5 nitrogen and oxygen atoms in total. The summed E-state index contributed by atoms with van der Waals surface area (Å²) < 4.78 is 1.85. The van der Waals surface area contributed by atoms with E-state index in [0.29, 0.717) is 17.7 Å². The average molecular weight is 207 g/mol. The van der Waals surface area contributed by atoms with E-state index in [1.165, 1.54) is 0 Å². The second-order valence-electron chi connectivity index (χ2n) is 3.56. The lowest BCUT2D eigenvalue weighted by Gasteiger charge is -2.14. The molecule has 1 aromatic rings. The molecule has 0 unspecified atom stereocenters. The number of carbonyl (C=O) groups excluding carboxylic acids is 2. The highest BCUT2D eigenvalue weighted by Crippen LogP contribution is 2.20. The van der Waals surface area contributed by atoms with Gasteiger partial charge in [0, 0.05) is 39.0 Å². The van der Waals surface area contributed by atoms with Crippen molar-refractivity contribution < 1.29 is 9.59 Å². The lowest BCUT2D eigenvalue weighted by atomic mass is 10.0. The lowest BCUT2D eigenvalue weighted by Crippen LogP contribution is -2.34.